The molecule has 0 atom stereocenters. The fraction of sp³-hybridized carbons (Fsp3) is 0.833. The molecule has 0 fully saturated rings. The third-order valence-corrected chi connectivity index (χ3v) is 2.16. The molecule has 110 valence electrons. The van der Waals surface area contributed by atoms with Crippen LogP contribution in [0.2, 0.25) is 0 Å². The molecular formula is C12H30N4O2. The fourth-order valence-corrected chi connectivity index (χ4v) is 0.258. The molecule has 6 nitrogen and oxygen atoms in total. The van der Waals surface area contributed by atoms with Crippen LogP contribution in [0.3, 0.4) is 0 Å². The second-order valence-electron chi connectivity index (χ2n) is 4.81. The third-order valence-electron chi connectivity index (χ3n) is 2.16. The van der Waals surface area contributed by atoms with Crippen LogP contribution in [0.15, 0.2) is 10.3 Å². The van der Waals surface area contributed by atoms with Crippen molar-refractivity contribution in [1.29, 1.82) is 0 Å². The van der Waals surface area contributed by atoms with Gasteiger partial charge in [0.25, 0.3) is 0 Å². The normalized spacial score (nSPS) is 13.0. The van der Waals surface area contributed by atoms with Gasteiger partial charge in [-0.3, -0.25) is 0 Å². The lowest BCUT2D eigenvalue weighted by atomic mass is 10.0. The molecule has 0 spiro atoms. The first-order chi connectivity index (χ1) is 7.96. The molecule has 0 bridgehead atoms. The van der Waals surface area contributed by atoms with Crippen LogP contribution in [0.25, 0.3) is 0 Å². The van der Waals surface area contributed by atoms with Crippen molar-refractivity contribution >= 4 is 11.4 Å². The third kappa shape index (κ3) is 12.9. The van der Waals surface area contributed by atoms with Crippen LogP contribution in [0.1, 0.15) is 55.4 Å². The molecule has 0 aromatic carbocycles. The van der Waals surface area contributed by atoms with Crippen LogP contribution in [0, 0.1) is 0 Å². The van der Waals surface area contributed by atoms with Crippen LogP contribution in [0.5, 0.6) is 0 Å². The van der Waals surface area contributed by atoms with Gasteiger partial charge >= 0.3 is 0 Å². The summed E-state index contributed by atoms with van der Waals surface area (Å²) in [5.74, 6) is 0. The lowest BCUT2D eigenvalue weighted by Crippen LogP contribution is -2.39. The molecule has 18 heavy (non-hydrogen) atoms. The number of nitrogens with zero attached hydrogens (tertiary/aromatic N) is 2. The van der Waals surface area contributed by atoms with Gasteiger partial charge in [0.2, 0.25) is 0 Å². The van der Waals surface area contributed by atoms with Crippen LogP contribution >= 0.6 is 0 Å². The van der Waals surface area contributed by atoms with E-state index >= 15 is 0 Å². The zero-order chi connectivity index (χ0) is 15.6. The molecule has 6 N–H and O–H groups in total. The molecule has 6 heteroatoms. The summed E-state index contributed by atoms with van der Waals surface area (Å²) in [5, 5.41) is 22.3. The number of hydrogen-bond acceptors (Lipinski definition) is 6. The summed E-state index contributed by atoms with van der Waals surface area (Å²) in [6.45, 7) is 14.5. The Morgan fingerprint density at radius 1 is 0.778 bits per heavy atom. The molecule has 0 rings (SSSR count). The Labute approximate surface area is 111 Å². The van der Waals surface area contributed by atoms with E-state index in [1.165, 1.54) is 0 Å². The Morgan fingerprint density at radius 3 is 0.944 bits per heavy atom. The van der Waals surface area contributed by atoms with E-state index in [2.05, 4.69) is 10.3 Å². The van der Waals surface area contributed by atoms with Crippen molar-refractivity contribution in [2.75, 3.05) is 0 Å². The fourth-order valence-electron chi connectivity index (χ4n) is 0.258. The summed E-state index contributed by atoms with van der Waals surface area (Å²) in [4.78, 5) is 0. The van der Waals surface area contributed by atoms with E-state index in [1.54, 1.807) is 41.5 Å². The first-order valence-electron chi connectivity index (χ1n) is 5.92. The standard InChI is InChI=1S/2C5H12N2O.C2H6/c2*1-4(7-8)5(2,3)6;1-2/h2*8H,6H2,1-3H3;1-2H3/b2*7-4+;. The summed E-state index contributed by atoms with van der Waals surface area (Å²) >= 11 is 0. The molecule has 0 aromatic rings. The van der Waals surface area contributed by atoms with E-state index in [0.717, 1.165) is 0 Å². The van der Waals surface area contributed by atoms with Gasteiger partial charge in [-0.25, -0.2) is 0 Å². The summed E-state index contributed by atoms with van der Waals surface area (Å²) in [6, 6.07) is 0. The molecule has 0 aromatic heterocycles. The molecule has 0 aliphatic carbocycles. The molecule has 0 heterocycles. The summed E-state index contributed by atoms with van der Waals surface area (Å²) < 4.78 is 0. The highest BCUT2D eigenvalue weighted by atomic mass is 16.4. The van der Waals surface area contributed by atoms with Crippen LogP contribution in [0.4, 0.5) is 0 Å². The monoisotopic (exact) mass is 262 g/mol. The van der Waals surface area contributed by atoms with Crippen LogP contribution < -0.4 is 11.5 Å². The predicted octanol–water partition coefficient (Wildman–Crippen LogP) is 2.17. The van der Waals surface area contributed by atoms with Crippen molar-refractivity contribution in [3.05, 3.63) is 0 Å². The van der Waals surface area contributed by atoms with Gasteiger partial charge in [-0.2, -0.15) is 0 Å². The smallest absolute Gasteiger partial charge is 0.0732 e. The molecule has 0 aliphatic heterocycles. The SMILES string of the molecule is C/C(=N\O)C(C)(C)N.C/C(=N\O)C(C)(C)N.CC. The Balaban J connectivity index is -0.000000219. The summed E-state index contributed by atoms with van der Waals surface area (Å²) in [7, 11) is 0. The summed E-state index contributed by atoms with van der Waals surface area (Å²) in [6.07, 6.45) is 0. The molecule has 0 unspecified atom stereocenters. The van der Waals surface area contributed by atoms with Crippen molar-refractivity contribution in [2.45, 2.75) is 66.5 Å². The zero-order valence-electron chi connectivity index (χ0n) is 12.9. The Kier molecular flexibility index (Phi) is 12.1. The van der Waals surface area contributed by atoms with Gasteiger partial charge in [0.05, 0.1) is 22.5 Å². The Morgan fingerprint density at radius 2 is 0.944 bits per heavy atom. The van der Waals surface area contributed by atoms with Crippen LogP contribution in [-0.4, -0.2) is 32.9 Å². The molecule has 0 radical (unpaired) electrons. The van der Waals surface area contributed by atoms with Crippen molar-refractivity contribution in [3.63, 3.8) is 0 Å². The van der Waals surface area contributed by atoms with E-state index in [0.29, 0.717) is 11.4 Å². The van der Waals surface area contributed by atoms with Gasteiger partial charge < -0.3 is 21.9 Å². The highest BCUT2D eigenvalue weighted by Gasteiger charge is 2.14. The number of hydrogen-bond donors (Lipinski definition) is 4. The topological polar surface area (TPSA) is 117 Å². The lowest BCUT2D eigenvalue weighted by Gasteiger charge is -2.15. The lowest BCUT2D eigenvalue weighted by molar-refractivity contribution is 0.313. The Bertz CT molecular complexity index is 232. The van der Waals surface area contributed by atoms with Gasteiger partial charge in [0, 0.05) is 0 Å². The van der Waals surface area contributed by atoms with Gasteiger partial charge in [0.1, 0.15) is 0 Å². The molecule has 0 saturated heterocycles. The maximum absolute atomic E-state index is 8.18. The molecular weight excluding hydrogens is 232 g/mol. The highest BCUT2D eigenvalue weighted by Crippen LogP contribution is 1.98. The first kappa shape index (κ1) is 22.1. The first-order valence-corrected chi connectivity index (χ1v) is 5.92. The van der Waals surface area contributed by atoms with Gasteiger partial charge in [-0.15, -0.1) is 0 Å². The van der Waals surface area contributed by atoms with Gasteiger partial charge in [0.15, 0.2) is 0 Å². The maximum atomic E-state index is 8.18. The van der Waals surface area contributed by atoms with E-state index in [-0.39, 0.29) is 0 Å². The van der Waals surface area contributed by atoms with Crippen molar-refractivity contribution in [3.8, 4) is 0 Å². The zero-order valence-corrected chi connectivity index (χ0v) is 12.9. The Hall–Kier alpha value is -1.14. The second-order valence-corrected chi connectivity index (χ2v) is 4.81. The quantitative estimate of drug-likeness (QED) is 0.346. The largest absolute Gasteiger partial charge is 0.411 e. The predicted molar refractivity (Wildman–Crippen MR) is 77.7 cm³/mol. The average Bonchev–Trinajstić information content (AvgIpc) is 2.27. The molecule has 0 saturated carbocycles. The van der Waals surface area contributed by atoms with Gasteiger partial charge in [-0.1, -0.05) is 24.2 Å². The minimum absolute atomic E-state index is 0.491. The number of oxime groups is 2. The van der Waals surface area contributed by atoms with Crippen molar-refractivity contribution in [1.82, 2.24) is 0 Å². The van der Waals surface area contributed by atoms with E-state index in [1.807, 2.05) is 13.8 Å². The molecule has 0 amide bonds. The number of nitrogens with two attached hydrogens (primary N) is 2. The minimum Gasteiger partial charge on any atom is -0.411 e. The van der Waals surface area contributed by atoms with E-state index in [9.17, 15) is 0 Å². The average molecular weight is 262 g/mol. The maximum Gasteiger partial charge on any atom is 0.0732 e. The second kappa shape index (κ2) is 9.85. The highest BCUT2D eigenvalue weighted by molar-refractivity contribution is 5.90. The van der Waals surface area contributed by atoms with E-state index in [4.69, 9.17) is 21.9 Å². The minimum atomic E-state index is -0.491. The number of rotatable bonds is 2. The van der Waals surface area contributed by atoms with Gasteiger partial charge in [-0.05, 0) is 41.5 Å². The van der Waals surface area contributed by atoms with Crippen LogP contribution in [-0.2, 0) is 0 Å². The van der Waals surface area contributed by atoms with Crippen molar-refractivity contribution in [2.24, 2.45) is 21.8 Å². The van der Waals surface area contributed by atoms with E-state index < -0.39 is 11.1 Å². The van der Waals surface area contributed by atoms with Crippen molar-refractivity contribution < 1.29 is 10.4 Å². The summed E-state index contributed by atoms with van der Waals surface area (Å²) in [5.41, 5.74) is 11.1. The molecule has 0 aliphatic rings.